The van der Waals surface area contributed by atoms with Gasteiger partial charge in [-0.05, 0) is 52.1 Å². The minimum atomic E-state index is -0.507. The van der Waals surface area contributed by atoms with Crippen LogP contribution in [0.15, 0.2) is 54.1 Å². The predicted octanol–water partition coefficient (Wildman–Crippen LogP) is 5.01. The summed E-state index contributed by atoms with van der Waals surface area (Å²) in [5.41, 5.74) is 4.15. The third-order valence-corrected chi connectivity index (χ3v) is 5.21. The van der Waals surface area contributed by atoms with E-state index in [0.717, 1.165) is 0 Å². The molecule has 0 radical (unpaired) electrons. The van der Waals surface area contributed by atoms with Gasteiger partial charge < -0.3 is 0 Å². The van der Waals surface area contributed by atoms with E-state index in [1.807, 2.05) is 12.1 Å². The lowest BCUT2D eigenvalue weighted by atomic mass is 9.93. The number of hydrogen-bond donors (Lipinski definition) is 0. The number of nitrogens with zero attached hydrogens (tertiary/aromatic N) is 2. The molecule has 28 heavy (non-hydrogen) atoms. The van der Waals surface area contributed by atoms with Gasteiger partial charge in [0.2, 0.25) is 0 Å². The summed E-state index contributed by atoms with van der Waals surface area (Å²) in [5, 5.41) is 18.8. The third kappa shape index (κ3) is 1.91. The van der Waals surface area contributed by atoms with Crippen LogP contribution in [0.5, 0.6) is 0 Å². The van der Waals surface area contributed by atoms with E-state index in [9.17, 15) is 24.1 Å². The molecule has 130 valence electrons. The zero-order valence-electron chi connectivity index (χ0n) is 14.2. The van der Waals surface area contributed by atoms with Gasteiger partial charge in [-0.3, -0.25) is 4.79 Å². The van der Waals surface area contributed by atoms with E-state index < -0.39 is 11.6 Å². The molecule has 0 unspecified atom stereocenters. The minimum Gasteiger partial charge on any atom is -0.289 e. The van der Waals surface area contributed by atoms with Crippen LogP contribution in [0.1, 0.15) is 27.0 Å². The first-order valence-electron chi connectivity index (χ1n) is 8.42. The summed E-state index contributed by atoms with van der Waals surface area (Å²) in [6.45, 7) is 0. The van der Waals surface area contributed by atoms with Crippen LogP contribution in [-0.2, 0) is 0 Å². The monoisotopic (exact) mass is 366 g/mol. The molecule has 0 spiro atoms. The SMILES string of the molecule is N#CC(C#N)=C1c2cc(F)ccc2-c2c1ccc1c2C(=O)c2cc(F)ccc2-1. The Balaban J connectivity index is 1.92. The molecule has 0 saturated carbocycles. The van der Waals surface area contributed by atoms with Gasteiger partial charge in [0, 0.05) is 22.3 Å². The second-order valence-corrected chi connectivity index (χ2v) is 6.59. The number of fused-ring (bicyclic) bond motifs is 7. The molecule has 0 bridgehead atoms. The Bertz CT molecular complexity index is 1350. The lowest BCUT2D eigenvalue weighted by Gasteiger charge is -2.08. The zero-order valence-corrected chi connectivity index (χ0v) is 14.2. The molecule has 3 aromatic carbocycles. The summed E-state index contributed by atoms with van der Waals surface area (Å²) in [6.07, 6.45) is 0. The molecule has 3 nitrogen and oxygen atoms in total. The standard InChI is InChI=1S/C23H8F2N2O/c24-12-2-4-16-18(7-12)20(11(9-26)10-27)17-6-5-15-14-3-1-13(25)8-19(14)23(28)22(15)21(16)17/h1-8H. The van der Waals surface area contributed by atoms with Crippen LogP contribution in [0.25, 0.3) is 27.8 Å². The van der Waals surface area contributed by atoms with Crippen molar-refractivity contribution in [3.8, 4) is 34.4 Å². The largest absolute Gasteiger partial charge is 0.289 e. The van der Waals surface area contributed by atoms with Crippen molar-refractivity contribution in [3.05, 3.63) is 88.0 Å². The number of halogens is 2. The van der Waals surface area contributed by atoms with Crippen molar-refractivity contribution in [1.82, 2.24) is 0 Å². The van der Waals surface area contributed by atoms with E-state index in [1.54, 1.807) is 24.3 Å². The molecule has 5 heteroatoms. The smallest absolute Gasteiger partial charge is 0.195 e. The molecule has 5 rings (SSSR count). The van der Waals surface area contributed by atoms with E-state index in [2.05, 4.69) is 0 Å². The van der Waals surface area contributed by atoms with E-state index in [4.69, 9.17) is 0 Å². The Kier molecular flexibility index (Phi) is 3.14. The Morgan fingerprint density at radius 1 is 0.679 bits per heavy atom. The van der Waals surface area contributed by atoms with Crippen LogP contribution in [-0.4, -0.2) is 5.78 Å². The average molecular weight is 366 g/mol. The normalized spacial score (nSPS) is 12.6. The second kappa shape index (κ2) is 5.45. The van der Waals surface area contributed by atoms with Crippen molar-refractivity contribution in [2.45, 2.75) is 0 Å². The van der Waals surface area contributed by atoms with Gasteiger partial charge in [-0.25, -0.2) is 8.78 Å². The molecule has 0 saturated heterocycles. The second-order valence-electron chi connectivity index (χ2n) is 6.59. The number of ketones is 1. The van der Waals surface area contributed by atoms with Gasteiger partial charge in [-0.2, -0.15) is 10.5 Å². The summed E-state index contributed by atoms with van der Waals surface area (Å²) >= 11 is 0. The van der Waals surface area contributed by atoms with Gasteiger partial charge in [-0.15, -0.1) is 0 Å². The van der Waals surface area contributed by atoms with Crippen LogP contribution >= 0.6 is 0 Å². The van der Waals surface area contributed by atoms with Gasteiger partial charge in [-0.1, -0.05) is 24.3 Å². The first-order valence-corrected chi connectivity index (χ1v) is 8.42. The van der Waals surface area contributed by atoms with Crippen molar-refractivity contribution in [3.63, 3.8) is 0 Å². The molecule has 2 aliphatic carbocycles. The zero-order chi connectivity index (χ0) is 19.6. The molecule has 0 atom stereocenters. The summed E-state index contributed by atoms with van der Waals surface area (Å²) in [7, 11) is 0. The molecule has 0 amide bonds. The molecule has 0 aliphatic heterocycles. The maximum Gasteiger partial charge on any atom is 0.195 e. The number of allylic oxidation sites excluding steroid dienone is 1. The van der Waals surface area contributed by atoms with E-state index >= 15 is 0 Å². The number of hydrogen-bond acceptors (Lipinski definition) is 3. The number of rotatable bonds is 0. The van der Waals surface area contributed by atoms with Crippen molar-refractivity contribution in [2.75, 3.05) is 0 Å². The van der Waals surface area contributed by atoms with Gasteiger partial charge in [0.25, 0.3) is 0 Å². The summed E-state index contributed by atoms with van der Waals surface area (Å²) in [5.74, 6) is -1.34. The van der Waals surface area contributed by atoms with Gasteiger partial charge >= 0.3 is 0 Å². The van der Waals surface area contributed by atoms with Crippen LogP contribution < -0.4 is 0 Å². The lowest BCUT2D eigenvalue weighted by Crippen LogP contribution is -1.99. The van der Waals surface area contributed by atoms with Crippen molar-refractivity contribution in [2.24, 2.45) is 0 Å². The Morgan fingerprint density at radius 2 is 1.25 bits per heavy atom. The highest BCUT2D eigenvalue weighted by Gasteiger charge is 2.36. The number of carbonyl (C=O) groups excluding carboxylic acids is 1. The molecule has 3 aromatic rings. The van der Waals surface area contributed by atoms with E-state index in [-0.39, 0.29) is 16.9 Å². The fourth-order valence-corrected chi connectivity index (χ4v) is 4.12. The first-order chi connectivity index (χ1) is 13.5. The predicted molar refractivity (Wildman–Crippen MR) is 97.9 cm³/mol. The first kappa shape index (κ1) is 16.1. The van der Waals surface area contributed by atoms with Crippen molar-refractivity contribution < 1.29 is 13.6 Å². The minimum absolute atomic E-state index is 0.153. The highest BCUT2D eigenvalue weighted by Crippen LogP contribution is 2.52. The highest BCUT2D eigenvalue weighted by atomic mass is 19.1. The molecular formula is C23H8F2N2O. The molecule has 0 fully saturated rings. The highest BCUT2D eigenvalue weighted by molar-refractivity contribution is 6.27. The molecule has 0 aromatic heterocycles. The van der Waals surface area contributed by atoms with Gasteiger partial charge in [0.05, 0.1) is 0 Å². The molecular weight excluding hydrogens is 358 g/mol. The quantitative estimate of drug-likeness (QED) is 0.362. The fourth-order valence-electron chi connectivity index (χ4n) is 4.12. The fraction of sp³-hybridized carbons (Fsp3) is 0. The van der Waals surface area contributed by atoms with Crippen molar-refractivity contribution >= 4 is 11.4 Å². The van der Waals surface area contributed by atoms with Crippen LogP contribution in [0.4, 0.5) is 8.78 Å². The van der Waals surface area contributed by atoms with Gasteiger partial charge in [0.15, 0.2) is 5.78 Å². The summed E-state index contributed by atoms with van der Waals surface area (Å²) < 4.78 is 27.6. The van der Waals surface area contributed by atoms with Crippen molar-refractivity contribution in [1.29, 1.82) is 10.5 Å². The summed E-state index contributed by atoms with van der Waals surface area (Å²) in [4.78, 5) is 13.1. The Morgan fingerprint density at radius 3 is 1.93 bits per heavy atom. The molecule has 0 heterocycles. The third-order valence-electron chi connectivity index (χ3n) is 5.21. The number of benzene rings is 3. The molecule has 0 N–H and O–H groups in total. The Hall–Kier alpha value is -4.09. The Labute approximate surface area is 158 Å². The topological polar surface area (TPSA) is 64.7 Å². The lowest BCUT2D eigenvalue weighted by molar-refractivity contribution is 0.104. The van der Waals surface area contributed by atoms with Crippen LogP contribution in [0.3, 0.4) is 0 Å². The maximum atomic E-state index is 13.9. The van der Waals surface area contributed by atoms with Gasteiger partial charge in [0.1, 0.15) is 29.3 Å². The number of nitriles is 2. The summed E-state index contributed by atoms with van der Waals surface area (Å²) in [6, 6.07) is 15.3. The van der Waals surface area contributed by atoms with E-state index in [1.165, 1.54) is 24.3 Å². The average Bonchev–Trinajstić information content (AvgIpc) is 3.15. The number of carbonyl (C=O) groups is 1. The maximum absolute atomic E-state index is 13.9. The van der Waals surface area contributed by atoms with Crippen LogP contribution in [0, 0.1) is 34.3 Å². The van der Waals surface area contributed by atoms with Crippen LogP contribution in [0.2, 0.25) is 0 Å². The molecule has 2 aliphatic rings. The van der Waals surface area contributed by atoms with E-state index in [0.29, 0.717) is 44.5 Å².